The smallest absolute Gasteiger partial charge is 0.329 e. The highest BCUT2D eigenvalue weighted by Gasteiger charge is 2.26. The molecule has 5 nitrogen and oxygen atoms in total. The summed E-state index contributed by atoms with van der Waals surface area (Å²) in [6.45, 7) is 3.84. The van der Waals surface area contributed by atoms with Gasteiger partial charge in [0.1, 0.15) is 18.4 Å². The highest BCUT2D eigenvalue weighted by atomic mass is 79.9. The molecule has 1 N–H and O–H groups in total. The van der Waals surface area contributed by atoms with E-state index in [1.165, 1.54) is 0 Å². The van der Waals surface area contributed by atoms with Crippen molar-refractivity contribution in [1.29, 1.82) is 0 Å². The molecule has 2 aromatic rings. The number of hydrogen-bond acceptors (Lipinski definition) is 4. The standard InChI is InChI=1S/C20H22BrNO4/c1-13(2)18(22-19(23)15-7-5-4-6-8-15)20(24)26-12-14-9-10-17(25-3)16(21)11-14/h4-11,13,18H,12H2,1-3H3,(H,22,23)/t18-/m0/s1. The lowest BCUT2D eigenvalue weighted by Crippen LogP contribution is -2.45. The summed E-state index contributed by atoms with van der Waals surface area (Å²) in [5, 5.41) is 2.76. The molecule has 0 unspecified atom stereocenters. The second kappa shape index (κ2) is 9.38. The number of hydrogen-bond donors (Lipinski definition) is 1. The Hall–Kier alpha value is -2.34. The number of benzene rings is 2. The minimum Gasteiger partial charge on any atom is -0.496 e. The van der Waals surface area contributed by atoms with Gasteiger partial charge in [-0.3, -0.25) is 4.79 Å². The van der Waals surface area contributed by atoms with Crippen LogP contribution in [0.15, 0.2) is 53.0 Å². The van der Waals surface area contributed by atoms with E-state index in [1.54, 1.807) is 37.4 Å². The molecule has 0 bridgehead atoms. The zero-order chi connectivity index (χ0) is 19.1. The van der Waals surface area contributed by atoms with Gasteiger partial charge < -0.3 is 14.8 Å². The second-order valence-electron chi connectivity index (χ2n) is 6.14. The van der Waals surface area contributed by atoms with E-state index in [2.05, 4.69) is 21.2 Å². The zero-order valence-corrected chi connectivity index (χ0v) is 16.6. The van der Waals surface area contributed by atoms with Gasteiger partial charge in [-0.05, 0) is 51.7 Å². The van der Waals surface area contributed by atoms with E-state index in [-0.39, 0.29) is 18.4 Å². The fourth-order valence-electron chi connectivity index (χ4n) is 2.36. The molecule has 0 aliphatic rings. The molecule has 0 aliphatic carbocycles. The molecular formula is C20H22BrNO4. The number of carbonyl (C=O) groups is 2. The van der Waals surface area contributed by atoms with Crippen molar-refractivity contribution < 1.29 is 19.1 Å². The van der Waals surface area contributed by atoms with Crippen molar-refractivity contribution in [3.05, 3.63) is 64.1 Å². The third-order valence-electron chi connectivity index (χ3n) is 3.84. The van der Waals surface area contributed by atoms with Crippen molar-refractivity contribution in [3.8, 4) is 5.75 Å². The Morgan fingerprint density at radius 1 is 1.12 bits per heavy atom. The molecule has 0 heterocycles. The van der Waals surface area contributed by atoms with E-state index in [0.29, 0.717) is 11.3 Å². The first kappa shape index (κ1) is 20.0. The number of ether oxygens (including phenoxy) is 2. The molecule has 0 radical (unpaired) electrons. The van der Waals surface area contributed by atoms with E-state index in [1.807, 2.05) is 32.0 Å². The Bertz CT molecular complexity index is 762. The Morgan fingerprint density at radius 3 is 2.38 bits per heavy atom. The number of rotatable bonds is 7. The maximum Gasteiger partial charge on any atom is 0.329 e. The van der Waals surface area contributed by atoms with Gasteiger partial charge in [-0.2, -0.15) is 0 Å². The summed E-state index contributed by atoms with van der Waals surface area (Å²) in [4.78, 5) is 24.8. The second-order valence-corrected chi connectivity index (χ2v) is 6.99. The quantitative estimate of drug-likeness (QED) is 0.689. The fraction of sp³-hybridized carbons (Fsp3) is 0.300. The monoisotopic (exact) mass is 419 g/mol. The van der Waals surface area contributed by atoms with Gasteiger partial charge in [0, 0.05) is 5.56 Å². The summed E-state index contributed by atoms with van der Waals surface area (Å²) in [6, 6.07) is 13.5. The van der Waals surface area contributed by atoms with Crippen LogP contribution in [0.3, 0.4) is 0 Å². The SMILES string of the molecule is COc1ccc(COC(=O)[C@@H](NC(=O)c2ccccc2)C(C)C)cc1Br. The Labute approximate surface area is 161 Å². The first-order chi connectivity index (χ1) is 12.4. The van der Waals surface area contributed by atoms with E-state index in [4.69, 9.17) is 9.47 Å². The molecule has 0 saturated heterocycles. The van der Waals surface area contributed by atoms with Gasteiger partial charge >= 0.3 is 5.97 Å². The van der Waals surface area contributed by atoms with Crippen LogP contribution in [0.5, 0.6) is 5.75 Å². The molecule has 0 spiro atoms. The fourth-order valence-corrected chi connectivity index (χ4v) is 2.94. The third kappa shape index (κ3) is 5.33. The molecule has 138 valence electrons. The van der Waals surface area contributed by atoms with Gasteiger partial charge in [-0.15, -0.1) is 0 Å². The van der Waals surface area contributed by atoms with Crippen LogP contribution in [0, 0.1) is 5.92 Å². The van der Waals surface area contributed by atoms with Gasteiger partial charge in [-0.1, -0.05) is 38.1 Å². The number of methoxy groups -OCH3 is 1. The van der Waals surface area contributed by atoms with Crippen LogP contribution >= 0.6 is 15.9 Å². The van der Waals surface area contributed by atoms with Gasteiger partial charge in [-0.25, -0.2) is 4.79 Å². The lowest BCUT2D eigenvalue weighted by molar-refractivity contribution is -0.148. The number of amides is 1. The molecular weight excluding hydrogens is 398 g/mol. The van der Waals surface area contributed by atoms with E-state index < -0.39 is 12.0 Å². The molecule has 1 atom stereocenters. The summed E-state index contributed by atoms with van der Waals surface area (Å²) in [6.07, 6.45) is 0. The number of halogens is 1. The largest absolute Gasteiger partial charge is 0.496 e. The molecule has 1 amide bonds. The van der Waals surface area contributed by atoms with Gasteiger partial charge in [0.05, 0.1) is 11.6 Å². The summed E-state index contributed by atoms with van der Waals surface area (Å²) in [5.41, 5.74) is 1.33. The molecule has 26 heavy (non-hydrogen) atoms. The number of carbonyl (C=O) groups excluding carboxylic acids is 2. The molecule has 0 aliphatic heterocycles. The summed E-state index contributed by atoms with van der Waals surface area (Å²) in [5.74, 6) is -0.155. The predicted octanol–water partition coefficient (Wildman–Crippen LogP) is 3.96. The molecule has 6 heteroatoms. The van der Waals surface area contributed by atoms with E-state index in [0.717, 1.165) is 10.0 Å². The van der Waals surface area contributed by atoms with Gasteiger partial charge in [0.15, 0.2) is 0 Å². The molecule has 2 aromatic carbocycles. The molecule has 2 rings (SSSR count). The van der Waals surface area contributed by atoms with Crippen LogP contribution < -0.4 is 10.1 Å². The van der Waals surface area contributed by atoms with Crippen molar-refractivity contribution >= 4 is 27.8 Å². The predicted molar refractivity (Wildman–Crippen MR) is 103 cm³/mol. The number of esters is 1. The Balaban J connectivity index is 2.00. The minimum absolute atomic E-state index is 0.0993. The maximum atomic E-state index is 12.5. The van der Waals surface area contributed by atoms with Crippen molar-refractivity contribution in [2.75, 3.05) is 7.11 Å². The van der Waals surface area contributed by atoms with Crippen LogP contribution in [-0.2, 0) is 16.1 Å². The van der Waals surface area contributed by atoms with Crippen molar-refractivity contribution in [2.24, 2.45) is 5.92 Å². The van der Waals surface area contributed by atoms with E-state index >= 15 is 0 Å². The maximum absolute atomic E-state index is 12.5. The zero-order valence-electron chi connectivity index (χ0n) is 15.0. The minimum atomic E-state index is -0.718. The average Bonchev–Trinajstić information content (AvgIpc) is 2.64. The van der Waals surface area contributed by atoms with E-state index in [9.17, 15) is 9.59 Å². The van der Waals surface area contributed by atoms with Crippen molar-refractivity contribution in [3.63, 3.8) is 0 Å². The van der Waals surface area contributed by atoms with Crippen LogP contribution in [0.4, 0.5) is 0 Å². The Kier molecular flexibility index (Phi) is 7.21. The summed E-state index contributed by atoms with van der Waals surface area (Å²) in [7, 11) is 1.59. The van der Waals surface area contributed by atoms with Crippen molar-refractivity contribution in [1.82, 2.24) is 5.32 Å². The third-order valence-corrected chi connectivity index (χ3v) is 4.46. The van der Waals surface area contributed by atoms with Gasteiger partial charge in [0.2, 0.25) is 0 Å². The van der Waals surface area contributed by atoms with Crippen LogP contribution in [0.1, 0.15) is 29.8 Å². The average molecular weight is 420 g/mol. The lowest BCUT2D eigenvalue weighted by atomic mass is 10.0. The highest BCUT2D eigenvalue weighted by Crippen LogP contribution is 2.25. The Morgan fingerprint density at radius 2 is 1.81 bits per heavy atom. The molecule has 0 saturated carbocycles. The first-order valence-electron chi connectivity index (χ1n) is 8.27. The van der Waals surface area contributed by atoms with Crippen LogP contribution in [-0.4, -0.2) is 25.0 Å². The van der Waals surface area contributed by atoms with Crippen LogP contribution in [0.2, 0.25) is 0 Å². The van der Waals surface area contributed by atoms with Crippen LogP contribution in [0.25, 0.3) is 0 Å². The number of nitrogens with one attached hydrogen (secondary N) is 1. The van der Waals surface area contributed by atoms with Gasteiger partial charge in [0.25, 0.3) is 5.91 Å². The first-order valence-corrected chi connectivity index (χ1v) is 9.06. The highest BCUT2D eigenvalue weighted by molar-refractivity contribution is 9.10. The normalized spacial score (nSPS) is 11.7. The topological polar surface area (TPSA) is 64.6 Å². The molecule has 0 fully saturated rings. The summed E-state index contributed by atoms with van der Waals surface area (Å²) < 4.78 is 11.4. The lowest BCUT2D eigenvalue weighted by Gasteiger charge is -2.21. The summed E-state index contributed by atoms with van der Waals surface area (Å²) >= 11 is 3.40. The molecule has 0 aromatic heterocycles. The van der Waals surface area contributed by atoms with Crippen molar-refractivity contribution in [2.45, 2.75) is 26.5 Å².